The van der Waals surface area contributed by atoms with Crippen molar-refractivity contribution in [1.29, 1.82) is 0 Å². The highest BCUT2D eigenvalue weighted by Crippen LogP contribution is 2.27. The summed E-state index contributed by atoms with van der Waals surface area (Å²) in [4.78, 5) is 34.2. The van der Waals surface area contributed by atoms with Crippen LogP contribution in [0, 0.1) is 0 Å². The van der Waals surface area contributed by atoms with Crippen molar-refractivity contribution in [3.8, 4) is 0 Å². The van der Waals surface area contributed by atoms with E-state index in [1.807, 2.05) is 18.2 Å². The molecule has 0 aromatic carbocycles. The zero-order valence-corrected chi connectivity index (χ0v) is 14.6. The monoisotopic (exact) mass is 332 g/mol. The molecule has 0 aliphatic heterocycles. The number of carboxylic acids is 1. The van der Waals surface area contributed by atoms with E-state index in [9.17, 15) is 14.4 Å². The van der Waals surface area contributed by atoms with Crippen LogP contribution in [0.1, 0.15) is 71.1 Å². The SMILES string of the molecule is CCCCCC(=O)/C=C/C1=C(C/C=C\CCCC(=O)O)C(=O)CC1. The van der Waals surface area contributed by atoms with E-state index in [2.05, 4.69) is 6.92 Å². The number of Topliss-reactive ketones (excluding diaryl/α,β-unsaturated/α-hetero) is 1. The molecule has 0 aromatic rings. The molecule has 0 radical (unpaired) electrons. The van der Waals surface area contributed by atoms with Crippen molar-refractivity contribution in [3.05, 3.63) is 35.5 Å². The molecular formula is C20H28O4. The molecule has 24 heavy (non-hydrogen) atoms. The third-order valence-corrected chi connectivity index (χ3v) is 4.09. The van der Waals surface area contributed by atoms with Crippen molar-refractivity contribution >= 4 is 17.5 Å². The summed E-state index contributed by atoms with van der Waals surface area (Å²) in [6.45, 7) is 2.11. The van der Waals surface area contributed by atoms with Gasteiger partial charge in [0.1, 0.15) is 0 Å². The van der Waals surface area contributed by atoms with Gasteiger partial charge in [0, 0.05) is 24.8 Å². The fraction of sp³-hybridized carbons (Fsp3) is 0.550. The van der Waals surface area contributed by atoms with Gasteiger partial charge in [-0.1, -0.05) is 38.0 Å². The minimum absolute atomic E-state index is 0.124. The van der Waals surface area contributed by atoms with Crippen LogP contribution >= 0.6 is 0 Å². The Kier molecular flexibility index (Phi) is 9.66. The summed E-state index contributed by atoms with van der Waals surface area (Å²) in [7, 11) is 0. The molecule has 0 aromatic heterocycles. The molecule has 0 spiro atoms. The topological polar surface area (TPSA) is 71.4 Å². The molecule has 0 heterocycles. The molecule has 0 atom stereocenters. The Balaban J connectivity index is 2.50. The predicted octanol–water partition coefficient (Wildman–Crippen LogP) is 4.55. The van der Waals surface area contributed by atoms with Crippen molar-refractivity contribution in [2.45, 2.75) is 71.1 Å². The van der Waals surface area contributed by atoms with Gasteiger partial charge < -0.3 is 5.11 Å². The highest BCUT2D eigenvalue weighted by atomic mass is 16.4. The van der Waals surface area contributed by atoms with E-state index >= 15 is 0 Å². The Morgan fingerprint density at radius 3 is 2.58 bits per heavy atom. The van der Waals surface area contributed by atoms with Crippen LogP contribution in [0.2, 0.25) is 0 Å². The number of ketones is 2. The summed E-state index contributed by atoms with van der Waals surface area (Å²) >= 11 is 0. The van der Waals surface area contributed by atoms with Crippen molar-refractivity contribution in [2.24, 2.45) is 0 Å². The van der Waals surface area contributed by atoms with Gasteiger partial charge >= 0.3 is 5.97 Å². The van der Waals surface area contributed by atoms with Gasteiger partial charge in [0.05, 0.1) is 0 Å². The van der Waals surface area contributed by atoms with Crippen molar-refractivity contribution in [1.82, 2.24) is 0 Å². The van der Waals surface area contributed by atoms with Crippen LogP contribution in [-0.4, -0.2) is 22.6 Å². The molecule has 1 aliphatic rings. The highest BCUT2D eigenvalue weighted by molar-refractivity contribution is 6.00. The van der Waals surface area contributed by atoms with Crippen LogP contribution in [-0.2, 0) is 14.4 Å². The maximum Gasteiger partial charge on any atom is 0.303 e. The second-order valence-corrected chi connectivity index (χ2v) is 6.15. The number of carboxylic acid groups (broad SMARTS) is 1. The van der Waals surface area contributed by atoms with Crippen molar-refractivity contribution < 1.29 is 19.5 Å². The van der Waals surface area contributed by atoms with Gasteiger partial charge in [-0.3, -0.25) is 14.4 Å². The van der Waals surface area contributed by atoms with Gasteiger partial charge in [-0.25, -0.2) is 0 Å². The fourth-order valence-corrected chi connectivity index (χ4v) is 2.67. The lowest BCUT2D eigenvalue weighted by molar-refractivity contribution is -0.137. The Morgan fingerprint density at radius 1 is 1.08 bits per heavy atom. The fourth-order valence-electron chi connectivity index (χ4n) is 2.67. The van der Waals surface area contributed by atoms with E-state index in [-0.39, 0.29) is 18.0 Å². The maximum atomic E-state index is 12.0. The molecule has 0 amide bonds. The van der Waals surface area contributed by atoms with Gasteiger partial charge in [0.25, 0.3) is 0 Å². The van der Waals surface area contributed by atoms with Gasteiger partial charge in [0.2, 0.25) is 0 Å². The molecule has 1 aliphatic carbocycles. The summed E-state index contributed by atoms with van der Waals surface area (Å²) in [6, 6.07) is 0. The lowest BCUT2D eigenvalue weighted by atomic mass is 10.0. The largest absolute Gasteiger partial charge is 0.481 e. The molecule has 0 fully saturated rings. The van der Waals surface area contributed by atoms with E-state index in [1.54, 1.807) is 6.08 Å². The molecule has 0 unspecified atom stereocenters. The summed E-state index contributed by atoms with van der Waals surface area (Å²) in [5, 5.41) is 8.57. The molecule has 1 rings (SSSR count). The third kappa shape index (κ3) is 8.04. The second-order valence-electron chi connectivity index (χ2n) is 6.15. The first-order valence-corrected chi connectivity index (χ1v) is 8.87. The summed E-state index contributed by atoms with van der Waals surface area (Å²) in [5.74, 6) is -0.504. The molecular weight excluding hydrogens is 304 g/mol. The summed E-state index contributed by atoms with van der Waals surface area (Å²) < 4.78 is 0. The first kappa shape index (κ1) is 20.1. The lowest BCUT2D eigenvalue weighted by Gasteiger charge is -1.99. The molecule has 1 N–H and O–H groups in total. The number of hydrogen-bond acceptors (Lipinski definition) is 3. The van der Waals surface area contributed by atoms with Crippen molar-refractivity contribution in [2.75, 3.05) is 0 Å². The standard InChI is InChI=1S/C20H28O4/c1-2-3-6-9-17(21)14-12-16-13-15-19(22)18(16)10-7-4-5-8-11-20(23)24/h4,7,12,14H,2-3,5-6,8-11,13,15H2,1H3,(H,23,24)/b7-4-,14-12+. The van der Waals surface area contributed by atoms with Crippen LogP contribution < -0.4 is 0 Å². The molecule has 0 bridgehead atoms. The van der Waals surface area contributed by atoms with Gasteiger partial charge in [0.15, 0.2) is 11.6 Å². The minimum Gasteiger partial charge on any atom is -0.481 e. The number of aliphatic carboxylic acids is 1. The number of rotatable bonds is 12. The number of hydrogen-bond donors (Lipinski definition) is 1. The van der Waals surface area contributed by atoms with Gasteiger partial charge in [-0.2, -0.15) is 0 Å². The number of allylic oxidation sites excluding steroid dienone is 6. The quantitative estimate of drug-likeness (QED) is 0.323. The van der Waals surface area contributed by atoms with Crippen LogP contribution in [0.3, 0.4) is 0 Å². The zero-order chi connectivity index (χ0) is 17.8. The molecule has 132 valence electrons. The van der Waals surface area contributed by atoms with E-state index in [0.717, 1.165) is 30.4 Å². The minimum atomic E-state index is -0.784. The van der Waals surface area contributed by atoms with E-state index in [1.165, 1.54) is 0 Å². The smallest absolute Gasteiger partial charge is 0.303 e. The van der Waals surface area contributed by atoms with Crippen LogP contribution in [0.5, 0.6) is 0 Å². The van der Waals surface area contributed by atoms with Crippen LogP contribution in [0.15, 0.2) is 35.5 Å². The Morgan fingerprint density at radius 2 is 1.88 bits per heavy atom. The number of carbonyl (C=O) groups is 3. The average molecular weight is 332 g/mol. The Labute approximate surface area is 144 Å². The third-order valence-electron chi connectivity index (χ3n) is 4.09. The predicted molar refractivity (Wildman–Crippen MR) is 94.8 cm³/mol. The van der Waals surface area contributed by atoms with Gasteiger partial charge in [-0.15, -0.1) is 0 Å². The summed E-state index contributed by atoms with van der Waals surface area (Å²) in [6.07, 6.45) is 14.2. The highest BCUT2D eigenvalue weighted by Gasteiger charge is 2.20. The maximum absolute atomic E-state index is 12.0. The lowest BCUT2D eigenvalue weighted by Crippen LogP contribution is -1.96. The number of carbonyl (C=O) groups excluding carboxylic acids is 2. The average Bonchev–Trinajstić information content (AvgIpc) is 2.89. The molecule has 4 nitrogen and oxygen atoms in total. The van der Waals surface area contributed by atoms with Crippen LogP contribution in [0.25, 0.3) is 0 Å². The van der Waals surface area contributed by atoms with Crippen molar-refractivity contribution in [3.63, 3.8) is 0 Å². The Bertz CT molecular complexity index is 538. The van der Waals surface area contributed by atoms with Crippen LogP contribution in [0.4, 0.5) is 0 Å². The zero-order valence-electron chi connectivity index (χ0n) is 14.6. The Hall–Kier alpha value is -1.97. The van der Waals surface area contributed by atoms with Gasteiger partial charge in [-0.05, 0) is 43.8 Å². The number of unbranched alkanes of at least 4 members (excludes halogenated alkanes) is 3. The molecule has 0 saturated carbocycles. The molecule has 4 heteroatoms. The normalized spacial score (nSPS) is 15.1. The van der Waals surface area contributed by atoms with E-state index in [0.29, 0.717) is 38.5 Å². The summed E-state index contributed by atoms with van der Waals surface area (Å²) in [5.41, 5.74) is 1.76. The first-order chi connectivity index (χ1) is 11.5. The van der Waals surface area contributed by atoms with E-state index in [4.69, 9.17) is 5.11 Å². The first-order valence-electron chi connectivity index (χ1n) is 8.87. The van der Waals surface area contributed by atoms with E-state index < -0.39 is 5.97 Å². The molecule has 0 saturated heterocycles. The second kappa shape index (κ2) is 11.5.